The highest BCUT2D eigenvalue weighted by molar-refractivity contribution is 9.10. The van der Waals surface area contributed by atoms with Crippen LogP contribution >= 0.6 is 15.9 Å². The Hall–Kier alpha value is -1.80. The predicted octanol–water partition coefficient (Wildman–Crippen LogP) is 4.31. The Bertz CT molecular complexity index is 758. The van der Waals surface area contributed by atoms with Gasteiger partial charge in [0.2, 0.25) is 5.91 Å². The molecule has 0 aliphatic carbocycles. The SMILES string of the molecule is CO[C@H](C[C@H](CCN(C)Cc1cccc(Br)c1)C(=O)NO)c1ccc(F)cc1. The lowest BCUT2D eigenvalue weighted by Crippen LogP contribution is -2.32. The van der Waals surface area contributed by atoms with Crippen LogP contribution in [-0.4, -0.2) is 36.7 Å². The quantitative estimate of drug-likeness (QED) is 0.416. The minimum absolute atomic E-state index is 0.322. The summed E-state index contributed by atoms with van der Waals surface area (Å²) in [6, 6.07) is 14.1. The molecule has 0 bridgehead atoms. The van der Waals surface area contributed by atoms with Gasteiger partial charge in [-0.05, 0) is 61.8 Å². The van der Waals surface area contributed by atoms with Gasteiger partial charge in [-0.3, -0.25) is 10.0 Å². The minimum atomic E-state index is -0.444. The molecule has 2 rings (SSSR count). The molecular weight excluding hydrogens is 427 g/mol. The second kappa shape index (κ2) is 11.3. The first-order chi connectivity index (χ1) is 13.4. The van der Waals surface area contributed by atoms with Crippen molar-refractivity contribution in [3.8, 4) is 0 Å². The molecule has 152 valence electrons. The van der Waals surface area contributed by atoms with Gasteiger partial charge in [0, 0.05) is 24.0 Å². The Morgan fingerprint density at radius 2 is 2.00 bits per heavy atom. The molecular formula is C21H26BrFN2O3. The maximum Gasteiger partial charge on any atom is 0.246 e. The van der Waals surface area contributed by atoms with E-state index in [-0.39, 0.29) is 11.9 Å². The number of hydrogen-bond donors (Lipinski definition) is 2. The topological polar surface area (TPSA) is 61.8 Å². The molecule has 2 aromatic carbocycles. The van der Waals surface area contributed by atoms with Crippen molar-refractivity contribution >= 4 is 21.8 Å². The Morgan fingerprint density at radius 3 is 2.61 bits per heavy atom. The van der Waals surface area contributed by atoms with Gasteiger partial charge in [-0.2, -0.15) is 0 Å². The molecule has 1 amide bonds. The maximum atomic E-state index is 13.2. The smallest absolute Gasteiger partial charge is 0.246 e. The van der Waals surface area contributed by atoms with Crippen LogP contribution in [0.3, 0.4) is 0 Å². The van der Waals surface area contributed by atoms with E-state index >= 15 is 0 Å². The second-order valence-electron chi connectivity index (χ2n) is 6.84. The van der Waals surface area contributed by atoms with E-state index in [0.717, 1.165) is 16.6 Å². The van der Waals surface area contributed by atoms with Gasteiger partial charge in [-0.25, -0.2) is 9.87 Å². The van der Waals surface area contributed by atoms with Crippen LogP contribution < -0.4 is 5.48 Å². The third kappa shape index (κ3) is 6.98. The molecule has 0 fully saturated rings. The first kappa shape index (κ1) is 22.5. The Labute approximate surface area is 173 Å². The molecule has 2 aromatic rings. The molecule has 0 radical (unpaired) electrons. The molecule has 2 N–H and O–H groups in total. The Balaban J connectivity index is 1.98. The van der Waals surface area contributed by atoms with Crippen molar-refractivity contribution in [2.75, 3.05) is 20.7 Å². The van der Waals surface area contributed by atoms with Gasteiger partial charge < -0.3 is 9.64 Å². The average Bonchev–Trinajstić information content (AvgIpc) is 2.68. The first-order valence-corrected chi connectivity index (χ1v) is 9.87. The summed E-state index contributed by atoms with van der Waals surface area (Å²) in [5.74, 6) is -1.21. The summed E-state index contributed by atoms with van der Waals surface area (Å²) in [6.45, 7) is 1.42. The van der Waals surface area contributed by atoms with Crippen LogP contribution in [0.4, 0.5) is 4.39 Å². The molecule has 0 saturated heterocycles. The van der Waals surface area contributed by atoms with E-state index in [9.17, 15) is 9.18 Å². The highest BCUT2D eigenvalue weighted by atomic mass is 79.9. The number of rotatable bonds is 10. The number of amides is 1. The van der Waals surface area contributed by atoms with Crippen molar-refractivity contribution in [2.24, 2.45) is 5.92 Å². The standard InChI is InChI=1S/C21H26BrFN2O3/c1-25(14-15-4-3-5-18(22)12-15)11-10-17(21(26)24-27)13-20(28-2)16-6-8-19(23)9-7-16/h3-9,12,17,20,27H,10-11,13-14H2,1-2H3,(H,24,26)/t17-,20+/m0/s1. The number of methoxy groups -OCH3 is 1. The van der Waals surface area contributed by atoms with Gasteiger partial charge in [-0.1, -0.05) is 40.2 Å². The van der Waals surface area contributed by atoms with E-state index in [2.05, 4.69) is 33.0 Å². The molecule has 7 heteroatoms. The molecule has 0 heterocycles. The average molecular weight is 453 g/mol. The van der Waals surface area contributed by atoms with Crippen molar-refractivity contribution in [1.29, 1.82) is 0 Å². The first-order valence-electron chi connectivity index (χ1n) is 9.08. The molecule has 5 nitrogen and oxygen atoms in total. The molecule has 0 aromatic heterocycles. The lowest BCUT2D eigenvalue weighted by atomic mass is 9.93. The highest BCUT2D eigenvalue weighted by Crippen LogP contribution is 2.27. The highest BCUT2D eigenvalue weighted by Gasteiger charge is 2.24. The van der Waals surface area contributed by atoms with E-state index < -0.39 is 11.8 Å². The fraction of sp³-hybridized carbons (Fsp3) is 0.381. The van der Waals surface area contributed by atoms with Gasteiger partial charge in [0.1, 0.15) is 5.82 Å². The maximum absolute atomic E-state index is 13.2. The van der Waals surface area contributed by atoms with Crippen molar-refractivity contribution in [1.82, 2.24) is 10.4 Å². The number of carbonyl (C=O) groups is 1. The Morgan fingerprint density at radius 1 is 1.29 bits per heavy atom. The van der Waals surface area contributed by atoms with Crippen molar-refractivity contribution < 1.29 is 19.1 Å². The molecule has 0 saturated carbocycles. The third-order valence-corrected chi connectivity index (χ3v) is 5.20. The summed E-state index contributed by atoms with van der Waals surface area (Å²) < 4.78 is 19.7. The lowest BCUT2D eigenvalue weighted by molar-refractivity contribution is -0.135. The summed E-state index contributed by atoms with van der Waals surface area (Å²) >= 11 is 3.47. The zero-order valence-corrected chi connectivity index (χ0v) is 17.7. The molecule has 2 atom stereocenters. The second-order valence-corrected chi connectivity index (χ2v) is 7.76. The fourth-order valence-corrected chi connectivity index (χ4v) is 3.60. The van der Waals surface area contributed by atoms with Crippen molar-refractivity contribution in [2.45, 2.75) is 25.5 Å². The molecule has 28 heavy (non-hydrogen) atoms. The number of halogens is 2. The van der Waals surface area contributed by atoms with E-state index in [4.69, 9.17) is 9.94 Å². The monoisotopic (exact) mass is 452 g/mol. The van der Waals surface area contributed by atoms with Gasteiger partial charge in [-0.15, -0.1) is 0 Å². The Kier molecular flexibility index (Phi) is 9.05. The normalized spacial score (nSPS) is 13.4. The third-order valence-electron chi connectivity index (χ3n) is 4.71. The summed E-state index contributed by atoms with van der Waals surface area (Å²) in [6.07, 6.45) is 0.579. The van der Waals surface area contributed by atoms with Crippen LogP contribution in [0.15, 0.2) is 53.0 Å². The summed E-state index contributed by atoms with van der Waals surface area (Å²) in [5.41, 5.74) is 3.72. The summed E-state index contributed by atoms with van der Waals surface area (Å²) in [4.78, 5) is 14.3. The predicted molar refractivity (Wildman–Crippen MR) is 109 cm³/mol. The van der Waals surface area contributed by atoms with Crippen LogP contribution in [-0.2, 0) is 16.1 Å². The number of benzene rings is 2. The van der Waals surface area contributed by atoms with E-state index in [1.165, 1.54) is 17.7 Å². The van der Waals surface area contributed by atoms with Gasteiger partial charge in [0.15, 0.2) is 0 Å². The van der Waals surface area contributed by atoms with Crippen molar-refractivity contribution in [3.05, 3.63) is 69.9 Å². The number of nitrogens with zero attached hydrogens (tertiary/aromatic N) is 1. The van der Waals surface area contributed by atoms with Crippen LogP contribution in [0.5, 0.6) is 0 Å². The molecule has 0 aliphatic heterocycles. The summed E-state index contributed by atoms with van der Waals surface area (Å²) in [5, 5.41) is 9.12. The molecule has 0 spiro atoms. The lowest BCUT2D eigenvalue weighted by Gasteiger charge is -2.24. The van der Waals surface area contributed by atoms with Crippen LogP contribution in [0.1, 0.15) is 30.1 Å². The van der Waals surface area contributed by atoms with Gasteiger partial charge in [0.25, 0.3) is 0 Å². The van der Waals surface area contributed by atoms with Gasteiger partial charge in [0.05, 0.1) is 6.10 Å². The fourth-order valence-electron chi connectivity index (χ4n) is 3.15. The zero-order valence-electron chi connectivity index (χ0n) is 16.1. The minimum Gasteiger partial charge on any atom is -0.377 e. The van der Waals surface area contributed by atoms with E-state index in [1.54, 1.807) is 24.7 Å². The van der Waals surface area contributed by atoms with Crippen LogP contribution in [0.25, 0.3) is 0 Å². The summed E-state index contributed by atoms with van der Waals surface area (Å²) in [7, 11) is 3.55. The number of hydroxylamine groups is 1. The van der Waals surface area contributed by atoms with Crippen LogP contribution in [0.2, 0.25) is 0 Å². The van der Waals surface area contributed by atoms with E-state index in [1.807, 2.05) is 19.2 Å². The number of carbonyl (C=O) groups excluding carboxylic acids is 1. The number of hydrogen-bond acceptors (Lipinski definition) is 4. The van der Waals surface area contributed by atoms with E-state index in [0.29, 0.717) is 19.4 Å². The largest absolute Gasteiger partial charge is 0.377 e. The molecule has 0 aliphatic rings. The van der Waals surface area contributed by atoms with Crippen LogP contribution in [0, 0.1) is 11.7 Å². The van der Waals surface area contributed by atoms with Gasteiger partial charge >= 0.3 is 0 Å². The zero-order chi connectivity index (χ0) is 20.5. The van der Waals surface area contributed by atoms with Crippen molar-refractivity contribution in [3.63, 3.8) is 0 Å². The number of nitrogens with one attached hydrogen (secondary N) is 1. The molecule has 0 unspecified atom stereocenters. The number of ether oxygens (including phenoxy) is 1.